The minimum Gasteiger partial charge on any atom is -0.397 e. The number of rotatable bonds is 5. The molecule has 3 N–H and O–H groups in total. The molecule has 3 rings (SSSR count). The molecule has 2 heterocycles. The smallest absolute Gasteiger partial charge is 0.271 e. The molecule has 1 aromatic carbocycles. The maximum Gasteiger partial charge on any atom is 0.271 e. The van der Waals surface area contributed by atoms with E-state index in [-0.39, 0.29) is 5.69 Å². The highest BCUT2D eigenvalue weighted by molar-refractivity contribution is 7.21. The van der Waals surface area contributed by atoms with Crippen molar-refractivity contribution >= 4 is 44.5 Å². The van der Waals surface area contributed by atoms with Gasteiger partial charge in [0.15, 0.2) is 0 Å². The van der Waals surface area contributed by atoms with E-state index in [2.05, 4.69) is 17.2 Å². The number of aromatic nitrogens is 1. The van der Waals surface area contributed by atoms with Gasteiger partial charge in [0.05, 0.1) is 10.6 Å². The topological polar surface area (TPSA) is 111 Å². The van der Waals surface area contributed by atoms with Crippen LogP contribution >= 0.6 is 11.3 Å². The van der Waals surface area contributed by atoms with Crippen LogP contribution in [0.3, 0.4) is 0 Å². The number of amides is 1. The Morgan fingerprint density at radius 3 is 2.88 bits per heavy atom. The van der Waals surface area contributed by atoms with E-state index < -0.39 is 10.8 Å². The Hall–Kier alpha value is -3.00. The number of non-ortho nitro benzene ring substituents is 1. The van der Waals surface area contributed by atoms with Gasteiger partial charge in [-0.25, -0.2) is 4.98 Å². The van der Waals surface area contributed by atoms with Crippen molar-refractivity contribution in [2.75, 3.05) is 11.1 Å². The lowest BCUT2D eigenvalue weighted by Gasteiger charge is -2.04. The molecule has 25 heavy (non-hydrogen) atoms. The number of nitrogens with zero attached hydrogens (tertiary/aromatic N) is 2. The monoisotopic (exact) mass is 356 g/mol. The first kappa shape index (κ1) is 16.8. The summed E-state index contributed by atoms with van der Waals surface area (Å²) in [5.74, 6) is -0.405. The zero-order valence-electron chi connectivity index (χ0n) is 13.5. The number of nitro groups is 1. The van der Waals surface area contributed by atoms with Crippen LogP contribution in [-0.4, -0.2) is 15.8 Å². The summed E-state index contributed by atoms with van der Waals surface area (Å²) in [5, 5.41) is 14.2. The van der Waals surface area contributed by atoms with Crippen LogP contribution in [-0.2, 0) is 6.42 Å². The Labute approximate surface area is 147 Å². The van der Waals surface area contributed by atoms with E-state index in [1.54, 1.807) is 6.07 Å². The molecule has 0 aliphatic heterocycles. The average Bonchev–Trinajstić information content (AvgIpc) is 2.92. The summed E-state index contributed by atoms with van der Waals surface area (Å²) < 4.78 is 0. The lowest BCUT2D eigenvalue weighted by atomic mass is 10.2. The molecule has 8 heteroatoms. The minimum absolute atomic E-state index is 0.0898. The second-order valence-corrected chi connectivity index (χ2v) is 6.51. The molecule has 0 atom stereocenters. The van der Waals surface area contributed by atoms with E-state index in [9.17, 15) is 14.9 Å². The Morgan fingerprint density at radius 1 is 1.36 bits per heavy atom. The van der Waals surface area contributed by atoms with Gasteiger partial charge in [0.25, 0.3) is 11.6 Å². The number of carbonyl (C=O) groups excluding carboxylic acids is 1. The van der Waals surface area contributed by atoms with Crippen molar-refractivity contribution in [3.63, 3.8) is 0 Å². The van der Waals surface area contributed by atoms with Gasteiger partial charge in [-0.2, -0.15) is 0 Å². The summed E-state index contributed by atoms with van der Waals surface area (Å²) in [6.45, 7) is 2.08. The van der Waals surface area contributed by atoms with Crippen molar-refractivity contribution in [3.8, 4) is 0 Å². The van der Waals surface area contributed by atoms with Gasteiger partial charge in [-0.15, -0.1) is 11.3 Å². The Kier molecular flexibility index (Phi) is 4.62. The van der Waals surface area contributed by atoms with Crippen LogP contribution in [0.15, 0.2) is 36.4 Å². The number of fused-ring (bicyclic) bond motifs is 1. The number of nitrogens with one attached hydrogen (secondary N) is 1. The molecule has 0 fully saturated rings. The normalized spacial score (nSPS) is 10.8. The van der Waals surface area contributed by atoms with Crippen molar-refractivity contribution in [2.24, 2.45) is 0 Å². The Balaban J connectivity index is 1.90. The van der Waals surface area contributed by atoms with E-state index in [0.29, 0.717) is 21.1 Å². The van der Waals surface area contributed by atoms with Crippen molar-refractivity contribution in [3.05, 3.63) is 57.1 Å². The van der Waals surface area contributed by atoms with Crippen LogP contribution in [0.4, 0.5) is 17.1 Å². The van der Waals surface area contributed by atoms with E-state index in [1.165, 1.54) is 29.5 Å². The fourth-order valence-corrected chi connectivity index (χ4v) is 3.49. The van der Waals surface area contributed by atoms with E-state index >= 15 is 0 Å². The Morgan fingerprint density at radius 2 is 2.16 bits per heavy atom. The lowest BCUT2D eigenvalue weighted by Crippen LogP contribution is -2.12. The molecule has 0 saturated carbocycles. The number of hydrogen-bond donors (Lipinski definition) is 2. The summed E-state index contributed by atoms with van der Waals surface area (Å²) in [6, 6.07) is 9.56. The van der Waals surface area contributed by atoms with Crippen LogP contribution in [0.2, 0.25) is 0 Å². The zero-order chi connectivity index (χ0) is 18.0. The standard InChI is InChI=1S/C17H16N4O3S/c1-2-4-10-7-8-13-14(18)15(25-17(13)20-10)16(22)19-11-5-3-6-12(9-11)21(23)24/h3,5-9H,2,4,18H2,1H3,(H,19,22). The fourth-order valence-electron chi connectivity index (χ4n) is 2.48. The van der Waals surface area contributed by atoms with Crippen molar-refractivity contribution in [1.29, 1.82) is 0 Å². The van der Waals surface area contributed by atoms with Gasteiger partial charge in [0, 0.05) is 28.9 Å². The first-order valence-electron chi connectivity index (χ1n) is 7.73. The summed E-state index contributed by atoms with van der Waals surface area (Å²) in [6.07, 6.45) is 1.85. The number of thiophene rings is 1. The van der Waals surface area contributed by atoms with Gasteiger partial charge in [0.1, 0.15) is 9.71 Å². The first-order valence-corrected chi connectivity index (χ1v) is 8.55. The summed E-state index contributed by atoms with van der Waals surface area (Å²) in [5.41, 5.74) is 7.68. The first-order chi connectivity index (χ1) is 12.0. The third-order valence-electron chi connectivity index (χ3n) is 3.68. The number of nitro benzene ring substituents is 1. The van der Waals surface area contributed by atoms with Crippen molar-refractivity contribution in [2.45, 2.75) is 19.8 Å². The molecule has 128 valence electrons. The molecule has 7 nitrogen and oxygen atoms in total. The third-order valence-corrected chi connectivity index (χ3v) is 4.79. The molecular formula is C17H16N4O3S. The van der Waals surface area contributed by atoms with Crippen LogP contribution in [0.1, 0.15) is 28.7 Å². The highest BCUT2D eigenvalue weighted by atomic mass is 32.1. The van der Waals surface area contributed by atoms with Gasteiger partial charge >= 0.3 is 0 Å². The predicted molar refractivity (Wildman–Crippen MR) is 99.1 cm³/mol. The number of anilines is 2. The van der Waals surface area contributed by atoms with Gasteiger partial charge in [-0.05, 0) is 24.6 Å². The largest absolute Gasteiger partial charge is 0.397 e. The second kappa shape index (κ2) is 6.86. The molecule has 0 unspecified atom stereocenters. The van der Waals surface area contributed by atoms with Crippen molar-refractivity contribution in [1.82, 2.24) is 4.98 Å². The van der Waals surface area contributed by atoms with Gasteiger partial charge in [-0.3, -0.25) is 14.9 Å². The Bertz CT molecular complexity index is 968. The molecular weight excluding hydrogens is 340 g/mol. The van der Waals surface area contributed by atoms with Crippen LogP contribution in [0.25, 0.3) is 10.2 Å². The molecule has 0 aliphatic rings. The fraction of sp³-hybridized carbons (Fsp3) is 0.176. The summed E-state index contributed by atoms with van der Waals surface area (Å²) >= 11 is 1.22. The maximum absolute atomic E-state index is 12.5. The molecule has 0 saturated heterocycles. The zero-order valence-corrected chi connectivity index (χ0v) is 14.3. The van der Waals surface area contributed by atoms with Crippen LogP contribution < -0.4 is 11.1 Å². The number of nitrogen functional groups attached to an aromatic ring is 1. The highest BCUT2D eigenvalue weighted by Crippen LogP contribution is 2.33. The van der Waals surface area contributed by atoms with Gasteiger partial charge in [-0.1, -0.05) is 19.4 Å². The molecule has 0 radical (unpaired) electrons. The number of aryl methyl sites for hydroxylation is 1. The molecule has 0 aliphatic carbocycles. The summed E-state index contributed by atoms with van der Waals surface area (Å²) in [4.78, 5) is 28.4. The number of hydrogen-bond acceptors (Lipinski definition) is 6. The van der Waals surface area contributed by atoms with Gasteiger partial charge < -0.3 is 11.1 Å². The highest BCUT2D eigenvalue weighted by Gasteiger charge is 2.18. The van der Waals surface area contributed by atoms with Crippen LogP contribution in [0, 0.1) is 10.1 Å². The molecule has 1 amide bonds. The summed E-state index contributed by atoms with van der Waals surface area (Å²) in [7, 11) is 0. The molecule has 0 spiro atoms. The molecule has 0 bridgehead atoms. The van der Waals surface area contributed by atoms with E-state index in [1.807, 2.05) is 12.1 Å². The van der Waals surface area contributed by atoms with Crippen LogP contribution in [0.5, 0.6) is 0 Å². The average molecular weight is 356 g/mol. The number of benzene rings is 1. The van der Waals surface area contributed by atoms with E-state index in [0.717, 1.165) is 23.9 Å². The molecule has 2 aromatic heterocycles. The second-order valence-electron chi connectivity index (χ2n) is 5.51. The van der Waals surface area contributed by atoms with E-state index in [4.69, 9.17) is 5.73 Å². The quantitative estimate of drug-likeness (QED) is 0.530. The molecule has 3 aromatic rings. The minimum atomic E-state index is -0.511. The van der Waals surface area contributed by atoms with Gasteiger partial charge in [0.2, 0.25) is 0 Å². The predicted octanol–water partition coefficient (Wildman–Crippen LogP) is 3.99. The number of pyridine rings is 1. The third kappa shape index (κ3) is 3.43. The number of carbonyl (C=O) groups is 1. The maximum atomic E-state index is 12.5. The lowest BCUT2D eigenvalue weighted by molar-refractivity contribution is -0.384. The van der Waals surface area contributed by atoms with Crippen molar-refractivity contribution < 1.29 is 9.72 Å². The number of nitrogens with two attached hydrogens (primary N) is 1. The SMILES string of the molecule is CCCc1ccc2c(N)c(C(=O)Nc3cccc([N+](=O)[O-])c3)sc2n1.